The average Bonchev–Trinajstić information content (AvgIpc) is 2.89. The Kier molecular flexibility index (Phi) is 4.74. The summed E-state index contributed by atoms with van der Waals surface area (Å²) in [7, 11) is 0. The van der Waals surface area contributed by atoms with E-state index in [1.54, 1.807) is 25.1 Å². The first-order chi connectivity index (χ1) is 9.58. The summed E-state index contributed by atoms with van der Waals surface area (Å²) in [4.78, 5) is 23.4. The molecule has 0 radical (unpaired) electrons. The van der Waals surface area contributed by atoms with Gasteiger partial charge in [0.1, 0.15) is 0 Å². The normalized spacial score (nSPS) is 17.9. The summed E-state index contributed by atoms with van der Waals surface area (Å²) < 4.78 is 0. The Morgan fingerprint density at radius 1 is 1.45 bits per heavy atom. The molecule has 1 atom stereocenters. The van der Waals surface area contributed by atoms with Crippen LogP contribution in [0, 0.1) is 12.8 Å². The molecule has 1 aliphatic heterocycles. The minimum Gasteiger partial charge on any atom is -0.366 e. The fourth-order valence-electron chi connectivity index (χ4n) is 2.61. The maximum atomic E-state index is 12.0. The highest BCUT2D eigenvalue weighted by atomic mass is 16.2. The number of anilines is 1. The van der Waals surface area contributed by atoms with Gasteiger partial charge in [0.2, 0.25) is 5.91 Å². The van der Waals surface area contributed by atoms with Crippen LogP contribution >= 0.6 is 0 Å². The number of aryl methyl sites for hydroxylation is 1. The summed E-state index contributed by atoms with van der Waals surface area (Å²) in [5, 5.41) is 6.08. The lowest BCUT2D eigenvalue weighted by Crippen LogP contribution is -2.20. The fraction of sp³-hybridized carbons (Fsp3) is 0.467. The monoisotopic (exact) mass is 275 g/mol. The van der Waals surface area contributed by atoms with Gasteiger partial charge in [-0.05, 0) is 50.4 Å². The van der Waals surface area contributed by atoms with Crippen molar-refractivity contribution in [1.82, 2.24) is 5.32 Å². The molecule has 1 saturated heterocycles. The van der Waals surface area contributed by atoms with Gasteiger partial charge in [0.25, 0.3) is 5.91 Å². The maximum absolute atomic E-state index is 12.0. The Bertz CT molecular complexity index is 508. The van der Waals surface area contributed by atoms with Crippen molar-refractivity contribution in [2.24, 2.45) is 11.7 Å². The second kappa shape index (κ2) is 6.52. The third kappa shape index (κ3) is 3.57. The van der Waals surface area contributed by atoms with E-state index >= 15 is 0 Å². The lowest BCUT2D eigenvalue weighted by Gasteiger charge is -2.12. The minimum absolute atomic E-state index is 0.0648. The molecule has 1 unspecified atom stereocenters. The molecule has 4 N–H and O–H groups in total. The third-order valence-corrected chi connectivity index (χ3v) is 3.74. The maximum Gasteiger partial charge on any atom is 0.251 e. The first-order valence-corrected chi connectivity index (χ1v) is 6.98. The van der Waals surface area contributed by atoms with E-state index < -0.39 is 5.91 Å². The van der Waals surface area contributed by atoms with Gasteiger partial charge < -0.3 is 16.4 Å². The number of nitrogens with one attached hydrogen (secondary N) is 2. The van der Waals surface area contributed by atoms with Crippen molar-refractivity contribution in [2.45, 2.75) is 26.2 Å². The summed E-state index contributed by atoms with van der Waals surface area (Å²) in [5.74, 6) is -0.00253. The van der Waals surface area contributed by atoms with Gasteiger partial charge in [0.05, 0.1) is 11.3 Å². The minimum atomic E-state index is -0.515. The molecule has 0 bridgehead atoms. The number of carbonyl (C=O) groups is 2. The highest BCUT2D eigenvalue weighted by Crippen LogP contribution is 2.20. The number of hydrogen-bond acceptors (Lipinski definition) is 3. The zero-order valence-corrected chi connectivity index (χ0v) is 11.7. The van der Waals surface area contributed by atoms with E-state index in [9.17, 15) is 9.59 Å². The third-order valence-electron chi connectivity index (χ3n) is 3.74. The molecule has 1 heterocycles. The molecule has 0 aromatic heterocycles. The van der Waals surface area contributed by atoms with Gasteiger partial charge in [0.15, 0.2) is 0 Å². The zero-order chi connectivity index (χ0) is 14.5. The molecule has 1 aliphatic rings. The van der Waals surface area contributed by atoms with Gasteiger partial charge in [-0.25, -0.2) is 0 Å². The second-order valence-corrected chi connectivity index (χ2v) is 5.31. The first-order valence-electron chi connectivity index (χ1n) is 6.98. The van der Waals surface area contributed by atoms with Crippen molar-refractivity contribution >= 4 is 17.5 Å². The number of nitrogens with two attached hydrogens (primary N) is 1. The average molecular weight is 275 g/mol. The van der Waals surface area contributed by atoms with Crippen LogP contribution in [0.5, 0.6) is 0 Å². The van der Waals surface area contributed by atoms with Crippen LogP contribution in [0.4, 0.5) is 5.69 Å². The summed E-state index contributed by atoms with van der Waals surface area (Å²) >= 11 is 0. The largest absolute Gasteiger partial charge is 0.366 e. The van der Waals surface area contributed by atoms with Crippen molar-refractivity contribution in [3.05, 3.63) is 29.3 Å². The molecule has 1 aromatic carbocycles. The van der Waals surface area contributed by atoms with Gasteiger partial charge in [-0.2, -0.15) is 0 Å². The lowest BCUT2D eigenvalue weighted by atomic mass is 10.0. The second-order valence-electron chi connectivity index (χ2n) is 5.31. The van der Waals surface area contributed by atoms with Crippen molar-refractivity contribution in [2.75, 3.05) is 18.4 Å². The predicted molar refractivity (Wildman–Crippen MR) is 78.5 cm³/mol. The molecule has 108 valence electrons. The van der Waals surface area contributed by atoms with Crippen LogP contribution < -0.4 is 16.4 Å². The Labute approximate surface area is 118 Å². The molecule has 0 spiro atoms. The van der Waals surface area contributed by atoms with Gasteiger partial charge in [-0.15, -0.1) is 0 Å². The molecule has 0 aliphatic carbocycles. The van der Waals surface area contributed by atoms with E-state index in [0.29, 0.717) is 23.6 Å². The molecule has 0 saturated carbocycles. The number of amides is 2. The smallest absolute Gasteiger partial charge is 0.251 e. The van der Waals surface area contributed by atoms with Crippen molar-refractivity contribution in [3.63, 3.8) is 0 Å². The molecule has 1 aromatic rings. The van der Waals surface area contributed by atoms with Crippen LogP contribution in [0.2, 0.25) is 0 Å². The van der Waals surface area contributed by atoms with Gasteiger partial charge in [-0.3, -0.25) is 9.59 Å². The molecule has 2 rings (SSSR count). The molecule has 2 amide bonds. The lowest BCUT2D eigenvalue weighted by molar-refractivity contribution is -0.116. The van der Waals surface area contributed by atoms with Crippen LogP contribution in [-0.4, -0.2) is 24.9 Å². The van der Waals surface area contributed by atoms with Gasteiger partial charge in [-0.1, -0.05) is 12.1 Å². The van der Waals surface area contributed by atoms with E-state index in [1.165, 1.54) is 0 Å². The van der Waals surface area contributed by atoms with Crippen LogP contribution in [0.1, 0.15) is 35.2 Å². The van der Waals surface area contributed by atoms with E-state index in [4.69, 9.17) is 5.73 Å². The fourth-order valence-corrected chi connectivity index (χ4v) is 2.61. The van der Waals surface area contributed by atoms with Crippen molar-refractivity contribution in [3.8, 4) is 0 Å². The Balaban J connectivity index is 1.96. The number of carbonyl (C=O) groups excluding carboxylic acids is 2. The quantitative estimate of drug-likeness (QED) is 0.760. The van der Waals surface area contributed by atoms with Crippen LogP contribution in [-0.2, 0) is 4.79 Å². The summed E-state index contributed by atoms with van der Waals surface area (Å²) in [6.45, 7) is 3.83. The zero-order valence-electron chi connectivity index (χ0n) is 11.7. The Morgan fingerprint density at radius 3 is 2.90 bits per heavy atom. The van der Waals surface area contributed by atoms with Crippen molar-refractivity contribution < 1.29 is 9.59 Å². The SMILES string of the molecule is Cc1cccc(NC(=O)CCC2CCNC2)c1C(N)=O. The Hall–Kier alpha value is -1.88. The molecule has 5 heteroatoms. The van der Waals surface area contributed by atoms with Crippen LogP contribution in [0.25, 0.3) is 0 Å². The highest BCUT2D eigenvalue weighted by Gasteiger charge is 2.17. The van der Waals surface area contributed by atoms with Crippen LogP contribution in [0.15, 0.2) is 18.2 Å². The predicted octanol–water partition coefficient (Wildman–Crippen LogP) is 1.42. The number of hydrogen-bond donors (Lipinski definition) is 3. The molecule has 1 fully saturated rings. The van der Waals surface area contributed by atoms with Crippen LogP contribution in [0.3, 0.4) is 0 Å². The molecule has 5 nitrogen and oxygen atoms in total. The van der Waals surface area contributed by atoms with E-state index in [1.807, 2.05) is 0 Å². The van der Waals surface area contributed by atoms with Crippen molar-refractivity contribution in [1.29, 1.82) is 0 Å². The number of rotatable bonds is 5. The highest BCUT2D eigenvalue weighted by molar-refractivity contribution is 6.04. The van der Waals surface area contributed by atoms with E-state index in [-0.39, 0.29) is 5.91 Å². The van der Waals surface area contributed by atoms with Gasteiger partial charge in [0, 0.05) is 6.42 Å². The number of benzene rings is 1. The van der Waals surface area contributed by atoms with E-state index in [2.05, 4.69) is 10.6 Å². The summed E-state index contributed by atoms with van der Waals surface area (Å²) in [6, 6.07) is 5.32. The first kappa shape index (κ1) is 14.5. The molecular formula is C15H21N3O2. The molecule has 20 heavy (non-hydrogen) atoms. The summed E-state index contributed by atoms with van der Waals surface area (Å²) in [6.07, 6.45) is 2.47. The Morgan fingerprint density at radius 2 is 2.25 bits per heavy atom. The van der Waals surface area contributed by atoms with E-state index in [0.717, 1.165) is 31.5 Å². The molecular weight excluding hydrogens is 254 g/mol. The topological polar surface area (TPSA) is 84.2 Å². The standard InChI is InChI=1S/C15H21N3O2/c1-10-3-2-4-12(14(10)15(16)20)18-13(19)6-5-11-7-8-17-9-11/h2-4,11,17H,5-9H2,1H3,(H2,16,20)(H,18,19). The summed E-state index contributed by atoms with van der Waals surface area (Å²) in [5.41, 5.74) is 7.04. The number of primary amides is 1. The van der Waals surface area contributed by atoms with Gasteiger partial charge >= 0.3 is 0 Å².